The summed E-state index contributed by atoms with van der Waals surface area (Å²) < 4.78 is 0. The normalized spacial score (nSPS) is 19.4. The molecule has 3 heteroatoms. The highest BCUT2D eigenvalue weighted by Gasteiger charge is 2.43. The largest absolute Gasteiger partial charge is 0.354 e. The summed E-state index contributed by atoms with van der Waals surface area (Å²) in [6.07, 6.45) is 4.55. The molecule has 1 aliphatic carbocycles. The summed E-state index contributed by atoms with van der Waals surface area (Å²) in [5.74, 6) is 0.733. The van der Waals surface area contributed by atoms with Crippen molar-refractivity contribution in [3.8, 4) is 0 Å². The Hall–Kier alpha value is -0.570. The van der Waals surface area contributed by atoms with Crippen LogP contribution in [0, 0.1) is 11.3 Å². The molecular formula is C13H26N2O. The van der Waals surface area contributed by atoms with E-state index in [9.17, 15) is 4.79 Å². The Labute approximate surface area is 99.6 Å². The van der Waals surface area contributed by atoms with Gasteiger partial charge in [-0.2, -0.15) is 0 Å². The van der Waals surface area contributed by atoms with Gasteiger partial charge in [0.25, 0.3) is 0 Å². The summed E-state index contributed by atoms with van der Waals surface area (Å²) in [6, 6.07) is 0. The van der Waals surface area contributed by atoms with Gasteiger partial charge in [-0.25, -0.2) is 0 Å². The maximum Gasteiger partial charge on any atom is 0.226 e. The fourth-order valence-electron chi connectivity index (χ4n) is 2.64. The van der Waals surface area contributed by atoms with Gasteiger partial charge in [-0.3, -0.25) is 4.79 Å². The Bertz CT molecular complexity index is 230. The molecule has 1 saturated carbocycles. The Morgan fingerprint density at radius 3 is 2.31 bits per heavy atom. The van der Waals surface area contributed by atoms with E-state index in [0.29, 0.717) is 5.92 Å². The molecule has 1 amide bonds. The third kappa shape index (κ3) is 2.97. The first kappa shape index (κ1) is 13.5. The molecule has 3 nitrogen and oxygen atoms in total. The van der Waals surface area contributed by atoms with Crippen LogP contribution in [0.5, 0.6) is 0 Å². The Balaban J connectivity index is 2.49. The summed E-state index contributed by atoms with van der Waals surface area (Å²) in [5, 5.41) is 3.10. The van der Waals surface area contributed by atoms with Gasteiger partial charge >= 0.3 is 0 Å². The van der Waals surface area contributed by atoms with Crippen molar-refractivity contribution in [3.05, 3.63) is 0 Å². The monoisotopic (exact) mass is 226 g/mol. The van der Waals surface area contributed by atoms with E-state index in [2.05, 4.69) is 24.1 Å². The van der Waals surface area contributed by atoms with Crippen LogP contribution in [0.25, 0.3) is 0 Å². The second-order valence-corrected chi connectivity index (χ2v) is 5.58. The molecule has 1 rings (SSSR count). The Morgan fingerprint density at radius 1 is 1.31 bits per heavy atom. The highest BCUT2D eigenvalue weighted by Crippen LogP contribution is 2.44. The molecule has 0 aliphatic heterocycles. The highest BCUT2D eigenvalue weighted by molar-refractivity contribution is 5.83. The lowest BCUT2D eigenvalue weighted by Crippen LogP contribution is -2.44. The average Bonchev–Trinajstić information content (AvgIpc) is 2.66. The quantitative estimate of drug-likeness (QED) is 0.776. The molecule has 94 valence electrons. The Kier molecular flexibility index (Phi) is 4.78. The van der Waals surface area contributed by atoms with Crippen LogP contribution in [0.2, 0.25) is 0 Å². The fraction of sp³-hybridized carbons (Fsp3) is 0.923. The van der Waals surface area contributed by atoms with Crippen LogP contribution >= 0.6 is 0 Å². The SMILES string of the molecule is CC(C)C1(C(=O)NCCN(C)C)CCCC1. The minimum Gasteiger partial charge on any atom is -0.354 e. The van der Waals surface area contributed by atoms with E-state index < -0.39 is 0 Å². The summed E-state index contributed by atoms with van der Waals surface area (Å²) >= 11 is 0. The zero-order valence-corrected chi connectivity index (χ0v) is 11.2. The van der Waals surface area contributed by atoms with Gasteiger partial charge in [-0.05, 0) is 32.9 Å². The van der Waals surface area contributed by atoms with Gasteiger partial charge in [0.2, 0.25) is 5.91 Å². The van der Waals surface area contributed by atoms with Crippen LogP contribution in [-0.4, -0.2) is 38.0 Å². The molecule has 16 heavy (non-hydrogen) atoms. The molecule has 0 aromatic carbocycles. The van der Waals surface area contributed by atoms with Gasteiger partial charge in [0, 0.05) is 13.1 Å². The number of amides is 1. The van der Waals surface area contributed by atoms with Gasteiger partial charge in [0.15, 0.2) is 0 Å². The van der Waals surface area contributed by atoms with Gasteiger partial charge in [-0.1, -0.05) is 26.7 Å². The molecule has 0 unspecified atom stereocenters. The minimum atomic E-state index is -0.0771. The first-order chi connectivity index (χ1) is 7.49. The van der Waals surface area contributed by atoms with Crippen molar-refractivity contribution < 1.29 is 4.79 Å². The second kappa shape index (κ2) is 5.67. The van der Waals surface area contributed by atoms with Crippen LogP contribution in [0.15, 0.2) is 0 Å². The van der Waals surface area contributed by atoms with Crippen molar-refractivity contribution in [2.24, 2.45) is 11.3 Å². The van der Waals surface area contributed by atoms with Crippen LogP contribution in [0.3, 0.4) is 0 Å². The summed E-state index contributed by atoms with van der Waals surface area (Å²) in [7, 11) is 4.06. The molecule has 1 aliphatic rings. The Morgan fingerprint density at radius 2 is 1.88 bits per heavy atom. The number of likely N-dealkylation sites (N-methyl/N-ethyl adjacent to an activating group) is 1. The van der Waals surface area contributed by atoms with Gasteiger partial charge in [-0.15, -0.1) is 0 Å². The molecule has 0 aromatic rings. The van der Waals surface area contributed by atoms with Gasteiger partial charge in [0.05, 0.1) is 5.41 Å². The van der Waals surface area contributed by atoms with Crippen molar-refractivity contribution in [3.63, 3.8) is 0 Å². The highest BCUT2D eigenvalue weighted by atomic mass is 16.2. The molecule has 1 fully saturated rings. The number of carbonyl (C=O) groups is 1. The van der Waals surface area contributed by atoms with Crippen molar-refractivity contribution in [2.75, 3.05) is 27.2 Å². The maximum atomic E-state index is 12.3. The molecule has 0 radical (unpaired) electrons. The molecule has 0 spiro atoms. The van der Waals surface area contributed by atoms with Crippen molar-refractivity contribution >= 4 is 5.91 Å². The van der Waals surface area contributed by atoms with E-state index in [-0.39, 0.29) is 11.3 Å². The second-order valence-electron chi connectivity index (χ2n) is 5.58. The number of nitrogens with zero attached hydrogens (tertiary/aromatic N) is 1. The van der Waals surface area contributed by atoms with Crippen LogP contribution in [-0.2, 0) is 4.79 Å². The first-order valence-corrected chi connectivity index (χ1v) is 6.42. The topological polar surface area (TPSA) is 32.3 Å². The molecule has 0 saturated heterocycles. The summed E-state index contributed by atoms with van der Waals surface area (Å²) in [5.41, 5.74) is -0.0771. The lowest BCUT2D eigenvalue weighted by atomic mass is 9.75. The lowest BCUT2D eigenvalue weighted by Gasteiger charge is -2.32. The summed E-state index contributed by atoms with van der Waals surface area (Å²) in [6.45, 7) is 6.04. The van der Waals surface area contributed by atoms with Gasteiger partial charge < -0.3 is 10.2 Å². The first-order valence-electron chi connectivity index (χ1n) is 6.42. The zero-order chi connectivity index (χ0) is 12.2. The molecular weight excluding hydrogens is 200 g/mol. The van der Waals surface area contributed by atoms with Crippen molar-refractivity contribution in [2.45, 2.75) is 39.5 Å². The number of carbonyl (C=O) groups excluding carboxylic acids is 1. The third-order valence-corrected chi connectivity index (χ3v) is 3.90. The minimum absolute atomic E-state index is 0.0771. The lowest BCUT2D eigenvalue weighted by molar-refractivity contribution is -0.133. The molecule has 0 atom stereocenters. The third-order valence-electron chi connectivity index (χ3n) is 3.90. The predicted molar refractivity (Wildman–Crippen MR) is 67.3 cm³/mol. The van der Waals surface area contributed by atoms with Crippen molar-refractivity contribution in [1.29, 1.82) is 0 Å². The molecule has 0 aromatic heterocycles. The number of nitrogens with one attached hydrogen (secondary N) is 1. The fourth-order valence-corrected chi connectivity index (χ4v) is 2.64. The van der Waals surface area contributed by atoms with Crippen LogP contribution in [0.4, 0.5) is 0 Å². The van der Waals surface area contributed by atoms with Crippen LogP contribution in [0.1, 0.15) is 39.5 Å². The standard InChI is InChI=1S/C13H26N2O/c1-11(2)13(7-5-6-8-13)12(16)14-9-10-15(3)4/h11H,5-10H2,1-4H3,(H,14,16). The average molecular weight is 226 g/mol. The molecule has 0 heterocycles. The maximum absolute atomic E-state index is 12.3. The van der Waals surface area contributed by atoms with E-state index >= 15 is 0 Å². The number of hydrogen-bond acceptors (Lipinski definition) is 2. The molecule has 1 N–H and O–H groups in total. The van der Waals surface area contributed by atoms with E-state index in [1.807, 2.05) is 14.1 Å². The van der Waals surface area contributed by atoms with E-state index in [1.54, 1.807) is 0 Å². The number of rotatable bonds is 5. The number of hydrogen-bond donors (Lipinski definition) is 1. The van der Waals surface area contributed by atoms with Gasteiger partial charge in [0.1, 0.15) is 0 Å². The van der Waals surface area contributed by atoms with E-state index in [1.165, 1.54) is 12.8 Å². The van der Waals surface area contributed by atoms with Crippen LogP contribution < -0.4 is 5.32 Å². The van der Waals surface area contributed by atoms with E-state index in [0.717, 1.165) is 25.9 Å². The van der Waals surface area contributed by atoms with E-state index in [4.69, 9.17) is 0 Å². The smallest absolute Gasteiger partial charge is 0.226 e. The zero-order valence-electron chi connectivity index (χ0n) is 11.2. The summed E-state index contributed by atoms with van der Waals surface area (Å²) in [4.78, 5) is 14.4. The van der Waals surface area contributed by atoms with Crippen molar-refractivity contribution in [1.82, 2.24) is 10.2 Å². The predicted octanol–water partition coefficient (Wildman–Crippen LogP) is 1.88. The molecule has 0 bridgehead atoms.